The number of anilines is 1. The fourth-order valence-corrected chi connectivity index (χ4v) is 4.33. The van der Waals surface area contributed by atoms with Gasteiger partial charge in [0.1, 0.15) is 12.4 Å². The number of hydrogen-bond acceptors (Lipinski definition) is 6. The van der Waals surface area contributed by atoms with E-state index in [1.54, 1.807) is 16.8 Å². The Labute approximate surface area is 200 Å². The molecular weight excluding hydrogens is 457 g/mol. The topological polar surface area (TPSA) is 67.6 Å². The third kappa shape index (κ3) is 5.07. The minimum atomic E-state index is -4.50. The van der Waals surface area contributed by atoms with E-state index >= 15 is 0 Å². The van der Waals surface area contributed by atoms with E-state index in [0.29, 0.717) is 22.9 Å². The minimum absolute atomic E-state index is 0.0718. The number of ether oxygens (including phenoxy) is 1. The molecule has 4 aromatic rings. The summed E-state index contributed by atoms with van der Waals surface area (Å²) in [5.41, 5.74) is 0.996. The fraction of sp³-hybridized carbons (Fsp3) is 0.320. The van der Waals surface area contributed by atoms with Gasteiger partial charge < -0.3 is 15.0 Å². The van der Waals surface area contributed by atoms with Crippen LogP contribution in [-0.4, -0.2) is 50.7 Å². The molecule has 182 valence electrons. The van der Waals surface area contributed by atoms with Gasteiger partial charge in [-0.3, -0.25) is 4.40 Å². The van der Waals surface area contributed by atoms with Crippen molar-refractivity contribution >= 4 is 11.5 Å². The van der Waals surface area contributed by atoms with Crippen LogP contribution in [0.3, 0.4) is 0 Å². The van der Waals surface area contributed by atoms with Gasteiger partial charge in [0, 0.05) is 25.0 Å². The second kappa shape index (κ2) is 9.53. The van der Waals surface area contributed by atoms with E-state index < -0.39 is 11.7 Å². The number of nitrogens with one attached hydrogen (secondary N) is 1. The summed E-state index contributed by atoms with van der Waals surface area (Å²) in [5.74, 6) is 0.959. The smallest absolute Gasteiger partial charge is 0.416 e. The minimum Gasteiger partial charge on any atom is -0.488 e. The molecule has 3 heterocycles. The van der Waals surface area contributed by atoms with Crippen LogP contribution in [0.4, 0.5) is 19.0 Å². The Hall–Kier alpha value is -3.66. The van der Waals surface area contributed by atoms with Gasteiger partial charge in [-0.2, -0.15) is 13.2 Å². The van der Waals surface area contributed by atoms with Crippen molar-refractivity contribution in [3.05, 3.63) is 72.1 Å². The Bertz CT molecular complexity index is 1310. The molecule has 1 aliphatic heterocycles. The van der Waals surface area contributed by atoms with Crippen LogP contribution < -0.4 is 10.1 Å². The summed E-state index contributed by atoms with van der Waals surface area (Å²) in [6.45, 7) is 2.05. The largest absolute Gasteiger partial charge is 0.488 e. The maximum atomic E-state index is 13.5. The highest BCUT2D eigenvalue weighted by Gasteiger charge is 2.32. The number of nitrogens with zero attached hydrogens (tertiary/aromatic N) is 5. The molecule has 2 aromatic heterocycles. The van der Waals surface area contributed by atoms with E-state index in [0.717, 1.165) is 43.6 Å². The van der Waals surface area contributed by atoms with Gasteiger partial charge >= 0.3 is 6.18 Å². The molecule has 7 nitrogen and oxygen atoms in total. The van der Waals surface area contributed by atoms with Crippen molar-refractivity contribution in [3.8, 4) is 17.1 Å². The number of imidazole rings is 1. The van der Waals surface area contributed by atoms with E-state index in [4.69, 9.17) is 4.74 Å². The summed E-state index contributed by atoms with van der Waals surface area (Å²) in [5, 5.41) is 12.2. The number of hydrogen-bond donors (Lipinski definition) is 1. The van der Waals surface area contributed by atoms with E-state index in [9.17, 15) is 13.2 Å². The second-order valence-electron chi connectivity index (χ2n) is 8.72. The zero-order valence-electron chi connectivity index (χ0n) is 19.2. The predicted octanol–water partition coefficient (Wildman–Crippen LogP) is 4.90. The SMILES string of the molecule is CN1CCC[C@@H](Nc2nnc(-c3ccc(C(F)(F)F)cc3OCc3ccccc3)n3ccnc23)C1. The Morgan fingerprint density at radius 1 is 1.11 bits per heavy atom. The van der Waals surface area contributed by atoms with Crippen molar-refractivity contribution < 1.29 is 17.9 Å². The molecule has 5 rings (SSSR count). The van der Waals surface area contributed by atoms with Crippen molar-refractivity contribution in [2.24, 2.45) is 0 Å². The molecule has 1 saturated heterocycles. The van der Waals surface area contributed by atoms with Gasteiger partial charge in [0.2, 0.25) is 0 Å². The zero-order valence-corrected chi connectivity index (χ0v) is 19.2. The van der Waals surface area contributed by atoms with Crippen LogP contribution >= 0.6 is 0 Å². The molecule has 0 aliphatic carbocycles. The molecule has 0 amide bonds. The first-order chi connectivity index (χ1) is 16.9. The van der Waals surface area contributed by atoms with Crippen LogP contribution in [0.2, 0.25) is 0 Å². The van der Waals surface area contributed by atoms with Crippen LogP contribution in [0.5, 0.6) is 5.75 Å². The van der Waals surface area contributed by atoms with E-state index in [2.05, 4.69) is 32.4 Å². The van der Waals surface area contributed by atoms with Gasteiger partial charge in [0.05, 0.1) is 11.1 Å². The lowest BCUT2D eigenvalue weighted by Crippen LogP contribution is -2.40. The van der Waals surface area contributed by atoms with Crippen LogP contribution in [-0.2, 0) is 12.8 Å². The summed E-state index contributed by atoms with van der Waals surface area (Å²) in [4.78, 5) is 6.69. The number of rotatable bonds is 6. The lowest BCUT2D eigenvalue weighted by Gasteiger charge is -2.30. The lowest BCUT2D eigenvalue weighted by molar-refractivity contribution is -0.137. The maximum Gasteiger partial charge on any atom is 0.416 e. The van der Waals surface area contributed by atoms with Crippen molar-refractivity contribution in [1.29, 1.82) is 0 Å². The second-order valence-corrected chi connectivity index (χ2v) is 8.72. The van der Waals surface area contributed by atoms with Crippen molar-refractivity contribution in [2.75, 3.05) is 25.5 Å². The summed E-state index contributed by atoms with van der Waals surface area (Å²) in [7, 11) is 2.08. The first-order valence-corrected chi connectivity index (χ1v) is 11.4. The van der Waals surface area contributed by atoms with Gasteiger partial charge in [-0.1, -0.05) is 30.3 Å². The quantitative estimate of drug-likeness (QED) is 0.422. The molecule has 0 radical (unpaired) electrons. The highest BCUT2D eigenvalue weighted by molar-refractivity contribution is 5.71. The van der Waals surface area contributed by atoms with Crippen molar-refractivity contribution in [1.82, 2.24) is 24.5 Å². The molecule has 0 bridgehead atoms. The predicted molar refractivity (Wildman–Crippen MR) is 126 cm³/mol. The Morgan fingerprint density at radius 3 is 2.71 bits per heavy atom. The summed E-state index contributed by atoms with van der Waals surface area (Å²) >= 11 is 0. The molecule has 0 spiro atoms. The number of benzene rings is 2. The van der Waals surface area contributed by atoms with Crippen LogP contribution in [0.25, 0.3) is 17.0 Å². The third-order valence-corrected chi connectivity index (χ3v) is 6.08. The summed E-state index contributed by atoms with van der Waals surface area (Å²) in [6.07, 6.45) is 0.931. The number of likely N-dealkylation sites (N-methyl/N-ethyl adjacent to an activating group) is 1. The first kappa shape index (κ1) is 23.1. The zero-order chi connectivity index (χ0) is 24.4. The Morgan fingerprint density at radius 2 is 1.94 bits per heavy atom. The number of aromatic nitrogens is 4. The summed E-state index contributed by atoms with van der Waals surface area (Å²) < 4.78 is 48.0. The third-order valence-electron chi connectivity index (χ3n) is 6.08. The standard InChI is InChI=1S/C25H25F3N6O/c1-33-12-5-8-19(15-33)30-22-24-29-11-13-34(24)23(32-31-22)20-10-9-18(25(26,27)28)14-21(20)35-16-17-6-3-2-4-7-17/h2-4,6-7,9-11,13-14,19H,5,8,12,15-16H2,1H3,(H,30,31)/t19-/m1/s1. The van der Waals surface area contributed by atoms with Crippen molar-refractivity contribution in [3.63, 3.8) is 0 Å². The van der Waals surface area contributed by atoms with Crippen LogP contribution in [0.15, 0.2) is 60.9 Å². The highest BCUT2D eigenvalue weighted by Crippen LogP contribution is 2.37. The molecule has 10 heteroatoms. The van der Waals surface area contributed by atoms with Gasteiger partial charge in [-0.15, -0.1) is 10.2 Å². The van der Waals surface area contributed by atoms with Crippen molar-refractivity contribution in [2.45, 2.75) is 31.7 Å². The molecule has 1 N–H and O–H groups in total. The number of likely N-dealkylation sites (tertiary alicyclic amines) is 1. The number of piperidine rings is 1. The fourth-order valence-electron chi connectivity index (χ4n) is 4.33. The molecule has 0 saturated carbocycles. The molecule has 1 fully saturated rings. The first-order valence-electron chi connectivity index (χ1n) is 11.4. The van der Waals surface area contributed by atoms with Gasteiger partial charge in [0.25, 0.3) is 0 Å². The number of alkyl halides is 3. The van der Waals surface area contributed by atoms with Gasteiger partial charge in [-0.05, 0) is 50.2 Å². The summed E-state index contributed by atoms with van der Waals surface area (Å²) in [6, 6.07) is 12.9. The molecule has 35 heavy (non-hydrogen) atoms. The Kier molecular flexibility index (Phi) is 6.29. The molecular formula is C25H25F3N6O. The monoisotopic (exact) mass is 482 g/mol. The van der Waals surface area contributed by atoms with E-state index in [1.807, 2.05) is 30.3 Å². The van der Waals surface area contributed by atoms with E-state index in [1.165, 1.54) is 6.07 Å². The van der Waals surface area contributed by atoms with Crippen LogP contribution in [0.1, 0.15) is 24.0 Å². The van der Waals surface area contributed by atoms with Crippen LogP contribution in [0, 0.1) is 0 Å². The molecule has 2 aromatic carbocycles. The maximum absolute atomic E-state index is 13.5. The highest BCUT2D eigenvalue weighted by atomic mass is 19.4. The van der Waals surface area contributed by atoms with E-state index in [-0.39, 0.29) is 18.4 Å². The van der Waals surface area contributed by atoms with Gasteiger partial charge in [0.15, 0.2) is 17.3 Å². The number of halogens is 3. The number of fused-ring (bicyclic) bond motifs is 1. The molecule has 1 atom stereocenters. The van der Waals surface area contributed by atoms with Gasteiger partial charge in [-0.25, -0.2) is 4.98 Å². The molecule has 0 unspecified atom stereocenters. The normalized spacial score (nSPS) is 17.0. The average molecular weight is 483 g/mol. The average Bonchev–Trinajstić information content (AvgIpc) is 3.34. The Balaban J connectivity index is 1.51. The lowest BCUT2D eigenvalue weighted by atomic mass is 10.1. The molecule has 1 aliphatic rings.